The Morgan fingerprint density at radius 2 is 1.72 bits per heavy atom. The molecule has 0 aliphatic carbocycles. The number of aromatic nitrogens is 1. The Hall–Kier alpha value is -2.60. The molecule has 0 unspecified atom stereocenters. The fourth-order valence-corrected chi connectivity index (χ4v) is 3.33. The average molecular weight is 411 g/mol. The Kier molecular flexibility index (Phi) is 6.62. The summed E-state index contributed by atoms with van der Waals surface area (Å²) in [5.41, 5.74) is 2.20. The third-order valence-electron chi connectivity index (χ3n) is 4.66. The molecule has 0 saturated heterocycles. The molecule has 4 rings (SSSR count). The van der Waals surface area contributed by atoms with Gasteiger partial charge in [-0.25, -0.2) is 4.98 Å². The number of halogens is 1. The highest BCUT2D eigenvalue weighted by Crippen LogP contribution is 2.32. The molecule has 29 heavy (non-hydrogen) atoms. The quantitative estimate of drug-likeness (QED) is 0.598. The summed E-state index contributed by atoms with van der Waals surface area (Å²) >= 11 is 6.03. The molecule has 0 N–H and O–H groups in total. The zero-order valence-electron chi connectivity index (χ0n) is 16.1. The van der Waals surface area contributed by atoms with E-state index in [9.17, 15) is 0 Å². The first-order valence-corrected chi connectivity index (χ1v) is 10.0. The number of benzene rings is 2. The van der Waals surface area contributed by atoms with E-state index in [1.54, 1.807) is 6.20 Å². The van der Waals surface area contributed by atoms with E-state index in [1.807, 2.05) is 48.5 Å². The van der Waals surface area contributed by atoms with Crippen LogP contribution in [0.3, 0.4) is 0 Å². The van der Waals surface area contributed by atoms with Crippen molar-refractivity contribution in [1.29, 1.82) is 0 Å². The van der Waals surface area contributed by atoms with E-state index in [2.05, 4.69) is 22.0 Å². The molecule has 1 aliphatic rings. The Morgan fingerprint density at radius 1 is 0.897 bits per heavy atom. The number of fused-ring (bicyclic) bond motifs is 2. The van der Waals surface area contributed by atoms with Crippen molar-refractivity contribution in [2.45, 2.75) is 13.1 Å². The number of hydrogen-bond donors (Lipinski definition) is 0. The zero-order valence-corrected chi connectivity index (χ0v) is 16.8. The number of pyridine rings is 1. The Bertz CT molecular complexity index is 933. The van der Waals surface area contributed by atoms with Crippen LogP contribution in [0, 0.1) is 0 Å². The summed E-state index contributed by atoms with van der Waals surface area (Å²) in [5.74, 6) is 1.92. The second-order valence-corrected chi connectivity index (χ2v) is 7.25. The van der Waals surface area contributed by atoms with Crippen molar-refractivity contribution >= 4 is 11.6 Å². The largest absolute Gasteiger partial charge is 0.487 e. The maximum atomic E-state index is 6.15. The van der Waals surface area contributed by atoms with Gasteiger partial charge in [0.15, 0.2) is 11.5 Å². The van der Waals surface area contributed by atoms with Crippen molar-refractivity contribution in [3.05, 3.63) is 83.0 Å². The number of hydrogen-bond acceptors (Lipinski definition) is 5. The van der Waals surface area contributed by atoms with Gasteiger partial charge in [0.05, 0.1) is 13.2 Å². The van der Waals surface area contributed by atoms with Gasteiger partial charge < -0.3 is 14.2 Å². The van der Waals surface area contributed by atoms with Crippen LogP contribution in [-0.4, -0.2) is 36.2 Å². The molecule has 5 nitrogen and oxygen atoms in total. The normalized spacial score (nSPS) is 15.5. The summed E-state index contributed by atoms with van der Waals surface area (Å²) in [6.45, 7) is 3.86. The van der Waals surface area contributed by atoms with Crippen molar-refractivity contribution < 1.29 is 14.2 Å². The summed E-state index contributed by atoms with van der Waals surface area (Å²) in [6.07, 6.45) is 1.74. The lowest BCUT2D eigenvalue weighted by Gasteiger charge is -2.23. The lowest BCUT2D eigenvalue weighted by molar-refractivity contribution is 0.0762. The van der Waals surface area contributed by atoms with E-state index in [1.165, 1.54) is 5.56 Å². The SMILES string of the molecule is Clc1ccc(CN2CCOCCOc3ccccc3Oc3ncccc3C2)cc1. The van der Waals surface area contributed by atoms with Gasteiger partial charge in [-0.3, -0.25) is 4.90 Å². The summed E-state index contributed by atoms with van der Waals surface area (Å²) in [4.78, 5) is 6.79. The second-order valence-electron chi connectivity index (χ2n) is 6.81. The van der Waals surface area contributed by atoms with Crippen molar-refractivity contribution in [3.8, 4) is 17.4 Å². The summed E-state index contributed by atoms with van der Waals surface area (Å²) < 4.78 is 17.8. The first kappa shape index (κ1) is 19.7. The molecular weight excluding hydrogens is 388 g/mol. The highest BCUT2D eigenvalue weighted by atomic mass is 35.5. The predicted molar refractivity (Wildman–Crippen MR) is 113 cm³/mol. The number of para-hydroxylation sites is 2. The first-order valence-electron chi connectivity index (χ1n) is 9.66. The third-order valence-corrected chi connectivity index (χ3v) is 4.91. The van der Waals surface area contributed by atoms with Crippen LogP contribution in [0.1, 0.15) is 11.1 Å². The molecule has 3 aromatic rings. The molecule has 0 bridgehead atoms. The Labute approximate surface area is 175 Å². The van der Waals surface area contributed by atoms with Crippen LogP contribution in [0.4, 0.5) is 0 Å². The van der Waals surface area contributed by atoms with Crippen molar-refractivity contribution in [1.82, 2.24) is 9.88 Å². The number of rotatable bonds is 2. The fraction of sp³-hybridized carbons (Fsp3) is 0.261. The van der Waals surface area contributed by atoms with Crippen LogP contribution in [0.5, 0.6) is 17.4 Å². The molecule has 0 spiro atoms. The maximum Gasteiger partial charge on any atom is 0.223 e. The van der Waals surface area contributed by atoms with Gasteiger partial charge in [0.25, 0.3) is 0 Å². The van der Waals surface area contributed by atoms with Gasteiger partial charge in [0.2, 0.25) is 5.88 Å². The van der Waals surface area contributed by atoms with Crippen molar-refractivity contribution in [2.75, 3.05) is 26.4 Å². The highest BCUT2D eigenvalue weighted by Gasteiger charge is 2.15. The van der Waals surface area contributed by atoms with Crippen LogP contribution in [0.2, 0.25) is 5.02 Å². The monoisotopic (exact) mass is 410 g/mol. The van der Waals surface area contributed by atoms with E-state index < -0.39 is 0 Å². The fourth-order valence-electron chi connectivity index (χ4n) is 3.20. The van der Waals surface area contributed by atoms with Crippen molar-refractivity contribution in [2.24, 2.45) is 0 Å². The molecule has 2 aromatic carbocycles. The van der Waals surface area contributed by atoms with Gasteiger partial charge in [-0.1, -0.05) is 41.9 Å². The summed E-state index contributed by atoms with van der Waals surface area (Å²) in [6, 6.07) is 19.5. The zero-order chi connectivity index (χ0) is 19.9. The molecule has 0 atom stereocenters. The Balaban J connectivity index is 1.60. The van der Waals surface area contributed by atoms with E-state index in [-0.39, 0.29) is 0 Å². The van der Waals surface area contributed by atoms with Crippen LogP contribution >= 0.6 is 11.6 Å². The smallest absolute Gasteiger partial charge is 0.223 e. The minimum atomic E-state index is 0.465. The lowest BCUT2D eigenvalue weighted by atomic mass is 10.2. The van der Waals surface area contributed by atoms with Gasteiger partial charge >= 0.3 is 0 Å². The molecular formula is C23H23ClN2O3. The highest BCUT2D eigenvalue weighted by molar-refractivity contribution is 6.30. The lowest BCUT2D eigenvalue weighted by Crippen LogP contribution is -2.27. The molecule has 150 valence electrons. The van der Waals surface area contributed by atoms with E-state index >= 15 is 0 Å². The van der Waals surface area contributed by atoms with Crippen molar-refractivity contribution in [3.63, 3.8) is 0 Å². The molecule has 0 amide bonds. The first-order chi connectivity index (χ1) is 14.3. The molecule has 6 heteroatoms. The standard InChI is InChI=1S/C23H23ClN2O3/c24-20-9-7-18(8-10-20)16-26-12-13-27-14-15-28-21-5-1-2-6-22(21)29-23-19(17-26)4-3-11-25-23/h1-11H,12-17H2. The predicted octanol–water partition coefficient (Wildman–Crippen LogP) is 4.94. The number of ether oxygens (including phenoxy) is 3. The van der Waals surface area contributed by atoms with Gasteiger partial charge in [-0.2, -0.15) is 0 Å². The summed E-state index contributed by atoms with van der Waals surface area (Å²) in [7, 11) is 0. The minimum absolute atomic E-state index is 0.465. The second kappa shape index (κ2) is 9.74. The average Bonchev–Trinajstić information content (AvgIpc) is 2.75. The Morgan fingerprint density at radius 3 is 2.59 bits per heavy atom. The van der Waals surface area contributed by atoms with Crippen LogP contribution in [-0.2, 0) is 17.8 Å². The number of nitrogens with zero attached hydrogens (tertiary/aromatic N) is 2. The van der Waals surface area contributed by atoms with Crippen LogP contribution < -0.4 is 9.47 Å². The van der Waals surface area contributed by atoms with Gasteiger partial charge in [0.1, 0.15) is 6.61 Å². The van der Waals surface area contributed by atoms with Crippen LogP contribution in [0.15, 0.2) is 66.9 Å². The third kappa shape index (κ3) is 5.48. The molecule has 0 saturated carbocycles. The maximum absolute atomic E-state index is 6.15. The van der Waals surface area contributed by atoms with Gasteiger partial charge in [0, 0.05) is 36.4 Å². The molecule has 1 aromatic heterocycles. The van der Waals surface area contributed by atoms with E-state index in [0.717, 1.165) is 23.7 Å². The minimum Gasteiger partial charge on any atom is -0.487 e. The van der Waals surface area contributed by atoms with Gasteiger partial charge in [-0.05, 0) is 35.9 Å². The molecule has 1 aliphatic heterocycles. The topological polar surface area (TPSA) is 43.8 Å². The van der Waals surface area contributed by atoms with E-state index in [0.29, 0.717) is 43.7 Å². The van der Waals surface area contributed by atoms with Gasteiger partial charge in [-0.15, -0.1) is 0 Å². The molecule has 2 heterocycles. The van der Waals surface area contributed by atoms with Crippen LogP contribution in [0.25, 0.3) is 0 Å². The van der Waals surface area contributed by atoms with E-state index in [4.69, 9.17) is 25.8 Å². The summed E-state index contributed by atoms with van der Waals surface area (Å²) in [5, 5.41) is 0.739. The molecule has 0 radical (unpaired) electrons. The molecule has 0 fully saturated rings.